The summed E-state index contributed by atoms with van der Waals surface area (Å²) in [5.74, 6) is 2.28. The van der Waals surface area contributed by atoms with Crippen LogP contribution < -0.4 is 10.6 Å². The van der Waals surface area contributed by atoms with E-state index in [1.807, 2.05) is 0 Å². The lowest BCUT2D eigenvalue weighted by Gasteiger charge is -2.26. The van der Waals surface area contributed by atoms with Crippen LogP contribution in [0, 0.1) is 11.8 Å². The summed E-state index contributed by atoms with van der Waals surface area (Å²) in [4.78, 5) is 22.3. The number of halogens is 1. The van der Waals surface area contributed by atoms with E-state index in [-0.39, 0.29) is 29.9 Å². The lowest BCUT2D eigenvalue weighted by atomic mass is 9.88. The molecule has 0 aromatic rings. The molecule has 2 aliphatic heterocycles. The third-order valence-corrected chi connectivity index (χ3v) is 6.56. The van der Waals surface area contributed by atoms with E-state index in [2.05, 4.69) is 34.3 Å². The molecular formula is C22H42IN5O. The molecule has 0 bridgehead atoms. The highest BCUT2D eigenvalue weighted by molar-refractivity contribution is 14.0. The third kappa shape index (κ3) is 7.56. The van der Waals surface area contributed by atoms with Crippen molar-refractivity contribution in [3.63, 3.8) is 0 Å². The van der Waals surface area contributed by atoms with E-state index in [0.29, 0.717) is 17.9 Å². The van der Waals surface area contributed by atoms with Crippen LogP contribution in [0.4, 0.5) is 0 Å². The third-order valence-electron chi connectivity index (χ3n) is 6.56. The van der Waals surface area contributed by atoms with Crippen molar-refractivity contribution >= 4 is 35.8 Å². The Kier molecular flexibility index (Phi) is 11.0. The van der Waals surface area contributed by atoms with Gasteiger partial charge in [0.05, 0.1) is 0 Å². The maximum Gasteiger partial charge on any atom is 0.225 e. The molecule has 3 aliphatic rings. The molecule has 1 aliphatic carbocycles. The second-order valence-corrected chi connectivity index (χ2v) is 8.92. The number of nitrogens with one attached hydrogen (secondary N) is 2. The molecule has 7 heteroatoms. The van der Waals surface area contributed by atoms with Gasteiger partial charge in [-0.1, -0.05) is 26.2 Å². The van der Waals surface area contributed by atoms with Gasteiger partial charge in [-0.25, -0.2) is 0 Å². The molecule has 0 spiro atoms. The van der Waals surface area contributed by atoms with Crippen molar-refractivity contribution < 1.29 is 4.79 Å². The molecule has 3 fully saturated rings. The summed E-state index contributed by atoms with van der Waals surface area (Å²) in [5.41, 5.74) is 0. The molecule has 0 aromatic heterocycles. The highest BCUT2D eigenvalue weighted by Crippen LogP contribution is 2.26. The van der Waals surface area contributed by atoms with Gasteiger partial charge in [0.25, 0.3) is 0 Å². The van der Waals surface area contributed by atoms with E-state index in [4.69, 9.17) is 4.99 Å². The number of amides is 1. The Labute approximate surface area is 194 Å². The molecule has 2 unspecified atom stereocenters. The van der Waals surface area contributed by atoms with Gasteiger partial charge in [-0.3, -0.25) is 9.79 Å². The first-order chi connectivity index (χ1) is 13.7. The predicted molar refractivity (Wildman–Crippen MR) is 131 cm³/mol. The number of carbonyl (C=O) groups is 1. The van der Waals surface area contributed by atoms with Crippen molar-refractivity contribution in [1.82, 2.24) is 20.4 Å². The second kappa shape index (κ2) is 13.0. The Bertz CT molecular complexity index is 523. The van der Waals surface area contributed by atoms with Gasteiger partial charge >= 0.3 is 0 Å². The number of rotatable bonds is 7. The summed E-state index contributed by atoms with van der Waals surface area (Å²) >= 11 is 0. The lowest BCUT2D eigenvalue weighted by Crippen LogP contribution is -2.45. The highest BCUT2D eigenvalue weighted by Gasteiger charge is 2.32. The summed E-state index contributed by atoms with van der Waals surface area (Å²) in [7, 11) is 0. The van der Waals surface area contributed by atoms with Crippen LogP contribution in [-0.2, 0) is 4.79 Å². The molecular weight excluding hydrogens is 477 g/mol. The largest absolute Gasteiger partial charge is 0.357 e. The van der Waals surface area contributed by atoms with Gasteiger partial charge in [-0.15, -0.1) is 24.0 Å². The SMILES string of the molecule is CCCN1CCC(CN=C(NCC)NC2CCN(C(=O)C3CCCCC3)C2)C1.I. The van der Waals surface area contributed by atoms with E-state index in [1.54, 1.807) is 0 Å². The van der Waals surface area contributed by atoms with E-state index in [9.17, 15) is 4.79 Å². The Morgan fingerprint density at radius 1 is 1.03 bits per heavy atom. The normalized spacial score (nSPS) is 26.4. The van der Waals surface area contributed by atoms with Crippen molar-refractivity contribution in [2.75, 3.05) is 45.8 Å². The first-order valence-corrected chi connectivity index (χ1v) is 11.8. The molecule has 168 valence electrons. The maximum absolute atomic E-state index is 12.8. The highest BCUT2D eigenvalue weighted by atomic mass is 127. The number of carbonyl (C=O) groups excluding carboxylic acids is 1. The van der Waals surface area contributed by atoms with Crippen LogP contribution in [0.5, 0.6) is 0 Å². The van der Waals surface area contributed by atoms with E-state index < -0.39 is 0 Å². The molecule has 6 nitrogen and oxygen atoms in total. The van der Waals surface area contributed by atoms with Gasteiger partial charge in [-0.2, -0.15) is 0 Å². The van der Waals surface area contributed by atoms with Gasteiger partial charge in [0.1, 0.15) is 0 Å². The van der Waals surface area contributed by atoms with Crippen LogP contribution in [0.25, 0.3) is 0 Å². The summed E-state index contributed by atoms with van der Waals surface area (Å²) in [6, 6.07) is 0.325. The minimum Gasteiger partial charge on any atom is -0.357 e. The smallest absolute Gasteiger partial charge is 0.225 e. The fourth-order valence-corrected chi connectivity index (χ4v) is 5.00. The van der Waals surface area contributed by atoms with E-state index in [0.717, 1.165) is 51.4 Å². The van der Waals surface area contributed by atoms with Gasteiger partial charge in [-0.05, 0) is 58.0 Å². The minimum absolute atomic E-state index is 0. The number of hydrogen-bond donors (Lipinski definition) is 2. The van der Waals surface area contributed by atoms with Crippen molar-refractivity contribution in [2.24, 2.45) is 16.8 Å². The number of guanidine groups is 1. The number of hydrogen-bond acceptors (Lipinski definition) is 3. The molecule has 0 radical (unpaired) electrons. The Morgan fingerprint density at radius 3 is 2.55 bits per heavy atom. The zero-order valence-corrected chi connectivity index (χ0v) is 20.8. The number of aliphatic imine (C=N–C) groups is 1. The molecule has 2 atom stereocenters. The average Bonchev–Trinajstić information content (AvgIpc) is 3.36. The Morgan fingerprint density at radius 2 is 1.83 bits per heavy atom. The quantitative estimate of drug-likeness (QED) is 0.309. The zero-order chi connectivity index (χ0) is 19.8. The molecule has 0 aromatic carbocycles. The van der Waals surface area contributed by atoms with Crippen molar-refractivity contribution in [1.29, 1.82) is 0 Å². The molecule has 2 N–H and O–H groups in total. The van der Waals surface area contributed by atoms with Crippen molar-refractivity contribution in [2.45, 2.75) is 71.3 Å². The summed E-state index contributed by atoms with van der Waals surface area (Å²) in [5, 5.41) is 7.00. The topological polar surface area (TPSA) is 60.0 Å². The van der Waals surface area contributed by atoms with Crippen molar-refractivity contribution in [3.8, 4) is 0 Å². The number of likely N-dealkylation sites (tertiary alicyclic amines) is 2. The van der Waals surface area contributed by atoms with Crippen molar-refractivity contribution in [3.05, 3.63) is 0 Å². The van der Waals surface area contributed by atoms with E-state index >= 15 is 0 Å². The average molecular weight is 520 g/mol. The van der Waals surface area contributed by atoms with Crippen LogP contribution >= 0.6 is 24.0 Å². The number of nitrogens with zero attached hydrogens (tertiary/aromatic N) is 3. The molecule has 1 amide bonds. The van der Waals surface area contributed by atoms with Gasteiger partial charge < -0.3 is 20.4 Å². The summed E-state index contributed by atoms with van der Waals surface area (Å²) < 4.78 is 0. The molecule has 1 saturated carbocycles. The Hall–Kier alpha value is -0.570. The Balaban J connectivity index is 0.00000300. The monoisotopic (exact) mass is 519 g/mol. The summed E-state index contributed by atoms with van der Waals surface area (Å²) in [6.45, 7) is 11.5. The molecule has 3 rings (SSSR count). The molecule has 2 saturated heterocycles. The lowest BCUT2D eigenvalue weighted by molar-refractivity contribution is -0.135. The van der Waals surface area contributed by atoms with Crippen LogP contribution in [0.2, 0.25) is 0 Å². The van der Waals surface area contributed by atoms with Crippen LogP contribution in [0.15, 0.2) is 4.99 Å². The first-order valence-electron chi connectivity index (χ1n) is 11.8. The zero-order valence-electron chi connectivity index (χ0n) is 18.5. The maximum atomic E-state index is 12.8. The minimum atomic E-state index is 0. The van der Waals surface area contributed by atoms with Gasteiger partial charge in [0.2, 0.25) is 5.91 Å². The molecule has 29 heavy (non-hydrogen) atoms. The van der Waals surface area contributed by atoms with E-state index in [1.165, 1.54) is 51.7 Å². The second-order valence-electron chi connectivity index (χ2n) is 8.92. The fraction of sp³-hybridized carbons (Fsp3) is 0.909. The van der Waals surface area contributed by atoms with Gasteiger partial charge in [0.15, 0.2) is 5.96 Å². The molecule has 2 heterocycles. The van der Waals surface area contributed by atoms with Crippen LogP contribution in [0.1, 0.15) is 65.2 Å². The van der Waals surface area contributed by atoms with Gasteiger partial charge in [0, 0.05) is 44.7 Å². The van der Waals surface area contributed by atoms with Crippen LogP contribution in [0.3, 0.4) is 0 Å². The standard InChI is InChI=1S/C22H41N5O.HI/c1-3-12-26-13-10-18(16-26)15-24-22(23-4-2)25-20-11-14-27(17-20)21(28)19-8-6-5-7-9-19;/h18-20H,3-17H2,1-2H3,(H2,23,24,25);1H. The predicted octanol–water partition coefficient (Wildman–Crippen LogP) is 3.07. The first kappa shape index (κ1) is 24.7. The summed E-state index contributed by atoms with van der Waals surface area (Å²) in [6.07, 6.45) is 9.44. The fourth-order valence-electron chi connectivity index (χ4n) is 5.00. The van der Waals surface area contributed by atoms with Crippen LogP contribution in [-0.4, -0.2) is 73.5 Å².